The van der Waals surface area contributed by atoms with E-state index in [4.69, 9.17) is 13.9 Å². The Labute approximate surface area is 191 Å². The van der Waals surface area contributed by atoms with Gasteiger partial charge in [-0.15, -0.1) is 0 Å². The second-order valence-electron chi connectivity index (χ2n) is 7.90. The van der Waals surface area contributed by atoms with E-state index in [1.54, 1.807) is 25.6 Å². The Morgan fingerprint density at radius 3 is 2.79 bits per heavy atom. The molecule has 0 amide bonds. The Hall–Kier alpha value is -3.62. The zero-order valence-corrected chi connectivity index (χ0v) is 18.4. The van der Waals surface area contributed by atoms with Crippen molar-refractivity contribution >= 4 is 17.0 Å². The SMILES string of the molecule is COc1cc(C(=O)Cc2cc(-c3nc4ncccc4o3)ccn2)ccc1CN1CCOCC1. The third kappa shape index (κ3) is 4.76. The molecule has 1 fully saturated rings. The summed E-state index contributed by atoms with van der Waals surface area (Å²) in [5.41, 5.74) is 4.21. The quantitative estimate of drug-likeness (QED) is 0.400. The minimum atomic E-state index is -0.0323. The predicted octanol–water partition coefficient (Wildman–Crippen LogP) is 3.55. The van der Waals surface area contributed by atoms with Gasteiger partial charge in [0.1, 0.15) is 5.75 Å². The van der Waals surface area contributed by atoms with Gasteiger partial charge >= 0.3 is 0 Å². The average molecular weight is 444 g/mol. The molecular weight excluding hydrogens is 420 g/mol. The highest BCUT2D eigenvalue weighted by Gasteiger charge is 2.17. The number of morpholine rings is 1. The normalized spacial score (nSPS) is 14.5. The number of rotatable bonds is 7. The minimum Gasteiger partial charge on any atom is -0.496 e. The van der Waals surface area contributed by atoms with Crippen molar-refractivity contribution in [2.45, 2.75) is 13.0 Å². The zero-order chi connectivity index (χ0) is 22.6. The molecule has 168 valence electrons. The summed E-state index contributed by atoms with van der Waals surface area (Å²) in [5.74, 6) is 1.14. The lowest BCUT2D eigenvalue weighted by atomic mass is 10.0. The molecule has 0 unspecified atom stereocenters. The van der Waals surface area contributed by atoms with Gasteiger partial charge < -0.3 is 13.9 Å². The van der Waals surface area contributed by atoms with Gasteiger partial charge in [-0.3, -0.25) is 14.7 Å². The maximum atomic E-state index is 13.0. The third-order valence-electron chi connectivity index (χ3n) is 5.68. The fourth-order valence-electron chi connectivity index (χ4n) is 3.92. The molecule has 1 saturated heterocycles. The van der Waals surface area contributed by atoms with E-state index >= 15 is 0 Å². The molecule has 33 heavy (non-hydrogen) atoms. The van der Waals surface area contributed by atoms with Crippen LogP contribution in [-0.4, -0.2) is 59.0 Å². The molecule has 4 aromatic rings. The summed E-state index contributed by atoms with van der Waals surface area (Å²) in [5, 5.41) is 0. The first-order valence-electron chi connectivity index (χ1n) is 10.9. The topological polar surface area (TPSA) is 90.6 Å². The largest absolute Gasteiger partial charge is 0.496 e. The van der Waals surface area contributed by atoms with Gasteiger partial charge in [-0.25, -0.2) is 4.98 Å². The van der Waals surface area contributed by atoms with Gasteiger partial charge in [-0.2, -0.15) is 4.98 Å². The number of carbonyl (C=O) groups excluding carboxylic acids is 1. The Balaban J connectivity index is 1.32. The molecule has 0 spiro atoms. The van der Waals surface area contributed by atoms with E-state index in [-0.39, 0.29) is 12.2 Å². The van der Waals surface area contributed by atoms with Crippen LogP contribution in [0.1, 0.15) is 21.6 Å². The average Bonchev–Trinajstić information content (AvgIpc) is 3.29. The Morgan fingerprint density at radius 1 is 1.09 bits per heavy atom. The van der Waals surface area contributed by atoms with Crippen LogP contribution < -0.4 is 4.74 Å². The number of carbonyl (C=O) groups is 1. The van der Waals surface area contributed by atoms with Crippen LogP contribution in [0.4, 0.5) is 0 Å². The third-order valence-corrected chi connectivity index (χ3v) is 5.68. The number of ketones is 1. The van der Waals surface area contributed by atoms with Crippen LogP contribution in [0.3, 0.4) is 0 Å². The van der Waals surface area contributed by atoms with Gasteiger partial charge in [0.2, 0.25) is 5.89 Å². The second kappa shape index (κ2) is 9.48. The van der Waals surface area contributed by atoms with Gasteiger partial charge in [0, 0.05) is 54.4 Å². The molecule has 8 heteroatoms. The predicted molar refractivity (Wildman–Crippen MR) is 122 cm³/mol. The molecule has 0 N–H and O–H groups in total. The van der Waals surface area contributed by atoms with Crippen molar-refractivity contribution in [2.24, 2.45) is 0 Å². The molecule has 0 saturated carbocycles. The smallest absolute Gasteiger partial charge is 0.229 e. The summed E-state index contributed by atoms with van der Waals surface area (Å²) in [7, 11) is 1.63. The number of oxazole rings is 1. The number of benzene rings is 1. The standard InChI is InChI=1S/C25H24N4O4/c1-31-23-14-17(4-5-19(23)16-29-9-11-32-12-10-29)21(30)15-20-13-18(6-8-26-20)25-28-24-22(33-25)3-2-7-27-24/h2-8,13-14H,9-12,15-16H2,1H3. The number of ether oxygens (including phenoxy) is 2. The molecule has 0 bridgehead atoms. The zero-order valence-electron chi connectivity index (χ0n) is 18.4. The number of pyridine rings is 2. The second-order valence-corrected chi connectivity index (χ2v) is 7.90. The Morgan fingerprint density at radius 2 is 1.97 bits per heavy atom. The van der Waals surface area contributed by atoms with E-state index in [1.165, 1.54) is 0 Å². The first-order valence-corrected chi connectivity index (χ1v) is 10.9. The molecular formula is C25H24N4O4. The highest BCUT2D eigenvalue weighted by Crippen LogP contribution is 2.25. The Bertz CT molecular complexity index is 1250. The lowest BCUT2D eigenvalue weighted by molar-refractivity contribution is 0.0339. The number of aromatic nitrogens is 3. The van der Waals surface area contributed by atoms with Crippen LogP contribution in [-0.2, 0) is 17.7 Å². The lowest BCUT2D eigenvalue weighted by Gasteiger charge is -2.27. The van der Waals surface area contributed by atoms with Crippen molar-refractivity contribution in [1.29, 1.82) is 0 Å². The first kappa shape index (κ1) is 21.2. The van der Waals surface area contributed by atoms with E-state index in [9.17, 15) is 4.79 Å². The van der Waals surface area contributed by atoms with Crippen molar-refractivity contribution in [3.05, 3.63) is 71.7 Å². The van der Waals surface area contributed by atoms with Crippen molar-refractivity contribution < 1.29 is 18.7 Å². The van der Waals surface area contributed by atoms with Gasteiger partial charge in [0.05, 0.1) is 26.7 Å². The summed E-state index contributed by atoms with van der Waals surface area (Å²) < 4.78 is 16.8. The number of nitrogens with zero attached hydrogens (tertiary/aromatic N) is 4. The van der Waals surface area contributed by atoms with Crippen LogP contribution in [0, 0.1) is 0 Å². The van der Waals surface area contributed by atoms with Gasteiger partial charge in [0.15, 0.2) is 17.0 Å². The monoisotopic (exact) mass is 444 g/mol. The molecule has 0 atom stereocenters. The summed E-state index contributed by atoms with van der Waals surface area (Å²) in [6, 6.07) is 12.9. The summed E-state index contributed by atoms with van der Waals surface area (Å²) in [4.78, 5) is 28.3. The number of hydrogen-bond acceptors (Lipinski definition) is 8. The van der Waals surface area contributed by atoms with E-state index in [2.05, 4.69) is 19.9 Å². The van der Waals surface area contributed by atoms with Crippen LogP contribution >= 0.6 is 0 Å². The Kier molecular flexibility index (Phi) is 6.10. The van der Waals surface area contributed by atoms with Crippen molar-refractivity contribution in [2.75, 3.05) is 33.4 Å². The summed E-state index contributed by atoms with van der Waals surface area (Å²) in [6.07, 6.45) is 3.50. The van der Waals surface area contributed by atoms with Crippen LogP contribution in [0.25, 0.3) is 22.7 Å². The van der Waals surface area contributed by atoms with E-state index in [0.29, 0.717) is 34.1 Å². The van der Waals surface area contributed by atoms with E-state index in [1.807, 2.05) is 36.4 Å². The molecule has 1 aliphatic rings. The highest BCUT2D eigenvalue weighted by atomic mass is 16.5. The highest BCUT2D eigenvalue weighted by molar-refractivity contribution is 5.97. The van der Waals surface area contributed by atoms with Crippen molar-refractivity contribution in [3.8, 4) is 17.2 Å². The van der Waals surface area contributed by atoms with Crippen LogP contribution in [0.5, 0.6) is 5.75 Å². The maximum Gasteiger partial charge on any atom is 0.229 e. The van der Waals surface area contributed by atoms with Crippen molar-refractivity contribution in [1.82, 2.24) is 19.9 Å². The number of Topliss-reactive ketones (excluding diaryl/α,β-unsaturated/α-hetero) is 1. The molecule has 5 rings (SSSR count). The fourth-order valence-corrected chi connectivity index (χ4v) is 3.92. The number of fused-ring (bicyclic) bond motifs is 1. The summed E-state index contributed by atoms with van der Waals surface area (Å²) in [6.45, 7) is 4.03. The van der Waals surface area contributed by atoms with E-state index in [0.717, 1.165) is 44.0 Å². The van der Waals surface area contributed by atoms with E-state index < -0.39 is 0 Å². The van der Waals surface area contributed by atoms with Crippen LogP contribution in [0.2, 0.25) is 0 Å². The van der Waals surface area contributed by atoms with Gasteiger partial charge in [-0.1, -0.05) is 12.1 Å². The van der Waals surface area contributed by atoms with Crippen LogP contribution in [0.15, 0.2) is 59.3 Å². The first-order chi connectivity index (χ1) is 16.2. The molecule has 1 aliphatic heterocycles. The van der Waals surface area contributed by atoms with Gasteiger partial charge in [0.25, 0.3) is 0 Å². The maximum absolute atomic E-state index is 13.0. The van der Waals surface area contributed by atoms with Crippen molar-refractivity contribution in [3.63, 3.8) is 0 Å². The molecule has 0 radical (unpaired) electrons. The van der Waals surface area contributed by atoms with Gasteiger partial charge in [-0.05, 0) is 30.3 Å². The molecule has 1 aromatic carbocycles. The molecule has 3 aromatic heterocycles. The summed E-state index contributed by atoms with van der Waals surface area (Å²) >= 11 is 0. The number of methoxy groups -OCH3 is 1. The molecule has 0 aliphatic carbocycles. The molecule has 4 heterocycles. The fraction of sp³-hybridized carbons (Fsp3) is 0.280. The minimum absolute atomic E-state index is 0.0323. The molecule has 8 nitrogen and oxygen atoms in total. The lowest BCUT2D eigenvalue weighted by Crippen LogP contribution is -2.35. The number of hydrogen-bond donors (Lipinski definition) is 0.